The lowest BCUT2D eigenvalue weighted by Gasteiger charge is -2.10. The largest absolute Gasteiger partial charge is 0.508 e. The maximum atomic E-state index is 12.7. The highest BCUT2D eigenvalue weighted by molar-refractivity contribution is 7.99. The van der Waals surface area contributed by atoms with Gasteiger partial charge in [-0.05, 0) is 48.9 Å². The number of thioether (sulfide) groups is 1. The maximum Gasteiger partial charge on any atom is 0.416 e. The third-order valence-electron chi connectivity index (χ3n) is 3.91. The van der Waals surface area contributed by atoms with Crippen LogP contribution in [0.4, 0.5) is 13.2 Å². The van der Waals surface area contributed by atoms with Crippen molar-refractivity contribution in [3.8, 4) is 5.75 Å². The molecule has 0 aromatic heterocycles. The van der Waals surface area contributed by atoms with Crippen molar-refractivity contribution in [2.75, 3.05) is 5.75 Å². The van der Waals surface area contributed by atoms with E-state index in [2.05, 4.69) is 12.1 Å². The first-order valence-electron chi connectivity index (χ1n) is 8.45. The summed E-state index contributed by atoms with van der Waals surface area (Å²) in [6.45, 7) is 0. The average molecular weight is 382 g/mol. The summed E-state index contributed by atoms with van der Waals surface area (Å²) in [7, 11) is 0. The van der Waals surface area contributed by atoms with Gasteiger partial charge in [0.15, 0.2) is 0 Å². The van der Waals surface area contributed by atoms with Crippen molar-refractivity contribution in [2.45, 2.75) is 43.2 Å². The van der Waals surface area contributed by atoms with Gasteiger partial charge in [0.2, 0.25) is 0 Å². The molecule has 0 amide bonds. The minimum atomic E-state index is -4.48. The van der Waals surface area contributed by atoms with Crippen molar-refractivity contribution in [3.05, 3.63) is 59.7 Å². The zero-order valence-corrected chi connectivity index (χ0v) is 15.1. The first-order valence-corrected chi connectivity index (χ1v) is 9.43. The van der Waals surface area contributed by atoms with Gasteiger partial charge in [0.05, 0.1) is 5.56 Å². The Morgan fingerprint density at radius 1 is 1.00 bits per heavy atom. The van der Waals surface area contributed by atoms with E-state index in [0.29, 0.717) is 12.8 Å². The quantitative estimate of drug-likeness (QED) is 0.435. The summed E-state index contributed by atoms with van der Waals surface area (Å²) in [5.74, 6) is 0.535. The molecule has 0 heterocycles. The Morgan fingerprint density at radius 3 is 2.42 bits per heavy atom. The minimum absolute atomic E-state index is 0.0319. The van der Waals surface area contributed by atoms with Crippen molar-refractivity contribution in [2.24, 2.45) is 0 Å². The number of rotatable bonds is 9. The zero-order valence-electron chi connectivity index (χ0n) is 14.3. The molecular weight excluding hydrogens is 361 g/mol. The Morgan fingerprint density at radius 2 is 1.73 bits per heavy atom. The fraction of sp³-hybridized carbons (Fsp3) is 0.350. The Labute approximate surface area is 155 Å². The number of benzene rings is 2. The number of hydrogen-bond donors (Lipinski definition) is 1. The van der Waals surface area contributed by atoms with E-state index in [1.165, 1.54) is 4.90 Å². The highest BCUT2D eigenvalue weighted by Crippen LogP contribution is 2.32. The summed E-state index contributed by atoms with van der Waals surface area (Å²) in [6, 6.07) is 12.7. The van der Waals surface area contributed by atoms with Gasteiger partial charge in [-0.1, -0.05) is 24.6 Å². The number of halogens is 3. The number of hydrogen-bond acceptors (Lipinski definition) is 3. The smallest absolute Gasteiger partial charge is 0.416 e. The van der Waals surface area contributed by atoms with E-state index in [1.807, 2.05) is 18.2 Å². The Bertz CT molecular complexity index is 715. The molecule has 0 aliphatic carbocycles. The normalized spacial score (nSPS) is 11.5. The second-order valence-corrected chi connectivity index (χ2v) is 7.20. The summed E-state index contributed by atoms with van der Waals surface area (Å²) < 4.78 is 38.1. The summed E-state index contributed by atoms with van der Waals surface area (Å²) in [5, 5.41) is 9.68. The summed E-state index contributed by atoms with van der Waals surface area (Å²) in [6.07, 6.45) is -1.78. The van der Waals surface area contributed by atoms with E-state index in [4.69, 9.17) is 0 Å². The standard InChI is InChI=1S/C20H21F3O2S/c21-20(22,23)16-10-11-19(25)15(13-16)14-17(24)7-3-2-6-12-26-18-8-4-1-5-9-18/h1,4-5,8-11,13,25H,2-3,6-7,12,14H2. The van der Waals surface area contributed by atoms with Crippen LogP contribution in [0.1, 0.15) is 36.8 Å². The van der Waals surface area contributed by atoms with Gasteiger partial charge in [-0.25, -0.2) is 0 Å². The molecule has 2 aromatic carbocycles. The van der Waals surface area contributed by atoms with E-state index in [0.717, 1.165) is 36.8 Å². The summed E-state index contributed by atoms with van der Waals surface area (Å²) >= 11 is 1.76. The molecule has 0 fully saturated rings. The lowest BCUT2D eigenvalue weighted by atomic mass is 10.0. The molecule has 0 saturated carbocycles. The molecule has 2 aromatic rings. The van der Waals surface area contributed by atoms with Crippen LogP contribution in [-0.2, 0) is 17.4 Å². The van der Waals surface area contributed by atoms with Crippen LogP contribution >= 0.6 is 11.8 Å². The molecule has 0 atom stereocenters. The van der Waals surface area contributed by atoms with Crippen molar-refractivity contribution in [1.29, 1.82) is 0 Å². The Balaban J connectivity index is 1.70. The lowest BCUT2D eigenvalue weighted by molar-refractivity contribution is -0.137. The fourth-order valence-corrected chi connectivity index (χ4v) is 3.45. The number of aromatic hydroxyl groups is 1. The SMILES string of the molecule is O=C(CCCCCSc1ccccc1)Cc1cc(C(F)(F)F)ccc1O. The number of unbranched alkanes of at least 4 members (excludes halogenated alkanes) is 2. The van der Waals surface area contributed by atoms with Crippen LogP contribution < -0.4 is 0 Å². The Hall–Kier alpha value is -1.95. The number of carbonyl (C=O) groups excluding carboxylic acids is 1. The van der Waals surface area contributed by atoms with E-state index < -0.39 is 11.7 Å². The highest BCUT2D eigenvalue weighted by Gasteiger charge is 2.31. The van der Waals surface area contributed by atoms with Gasteiger partial charge in [0.25, 0.3) is 0 Å². The second kappa shape index (κ2) is 9.67. The molecule has 140 valence electrons. The van der Waals surface area contributed by atoms with Crippen molar-refractivity contribution in [3.63, 3.8) is 0 Å². The van der Waals surface area contributed by atoms with E-state index in [9.17, 15) is 23.1 Å². The second-order valence-electron chi connectivity index (χ2n) is 6.03. The van der Waals surface area contributed by atoms with Crippen LogP contribution in [0.2, 0.25) is 0 Å². The van der Waals surface area contributed by atoms with E-state index >= 15 is 0 Å². The third-order valence-corrected chi connectivity index (χ3v) is 5.00. The molecule has 0 bridgehead atoms. The number of carbonyl (C=O) groups is 1. The van der Waals surface area contributed by atoms with Gasteiger partial charge in [0, 0.05) is 23.3 Å². The number of phenolic OH excluding ortho intramolecular Hbond substituents is 1. The molecule has 0 aliphatic rings. The molecular formula is C20H21F3O2S. The van der Waals surface area contributed by atoms with Gasteiger partial charge >= 0.3 is 6.18 Å². The van der Waals surface area contributed by atoms with Crippen LogP contribution in [0.25, 0.3) is 0 Å². The monoisotopic (exact) mass is 382 g/mol. The van der Waals surface area contributed by atoms with Crippen LogP contribution in [-0.4, -0.2) is 16.6 Å². The van der Waals surface area contributed by atoms with Crippen molar-refractivity contribution in [1.82, 2.24) is 0 Å². The molecule has 6 heteroatoms. The molecule has 2 rings (SSSR count). The number of Topliss-reactive ketones (excluding diaryl/α,β-unsaturated/α-hetero) is 1. The van der Waals surface area contributed by atoms with Crippen LogP contribution in [0.3, 0.4) is 0 Å². The minimum Gasteiger partial charge on any atom is -0.508 e. The highest BCUT2D eigenvalue weighted by atomic mass is 32.2. The van der Waals surface area contributed by atoms with E-state index in [-0.39, 0.29) is 23.5 Å². The average Bonchev–Trinajstić information content (AvgIpc) is 2.60. The molecule has 0 unspecified atom stereocenters. The van der Waals surface area contributed by atoms with E-state index in [1.54, 1.807) is 11.8 Å². The van der Waals surface area contributed by atoms with Gasteiger partial charge in [-0.15, -0.1) is 11.8 Å². The number of alkyl halides is 3. The molecule has 1 N–H and O–H groups in total. The van der Waals surface area contributed by atoms with Gasteiger partial charge in [-0.3, -0.25) is 4.79 Å². The topological polar surface area (TPSA) is 37.3 Å². The first kappa shape index (κ1) is 20.4. The zero-order chi connectivity index (χ0) is 19.0. The summed E-state index contributed by atoms with van der Waals surface area (Å²) in [5.41, 5.74) is -0.819. The molecule has 0 radical (unpaired) electrons. The maximum absolute atomic E-state index is 12.7. The van der Waals surface area contributed by atoms with Gasteiger partial charge in [0.1, 0.15) is 11.5 Å². The number of phenols is 1. The number of ketones is 1. The lowest BCUT2D eigenvalue weighted by Crippen LogP contribution is -2.08. The van der Waals surface area contributed by atoms with Crippen LogP contribution in [0.15, 0.2) is 53.4 Å². The molecule has 2 nitrogen and oxygen atoms in total. The molecule has 0 saturated heterocycles. The van der Waals surface area contributed by atoms with Crippen LogP contribution in [0, 0.1) is 0 Å². The van der Waals surface area contributed by atoms with Gasteiger partial charge < -0.3 is 5.11 Å². The fourth-order valence-electron chi connectivity index (χ4n) is 2.51. The van der Waals surface area contributed by atoms with Crippen molar-refractivity contribution < 1.29 is 23.1 Å². The summed E-state index contributed by atoms with van der Waals surface area (Å²) in [4.78, 5) is 13.2. The molecule has 0 aliphatic heterocycles. The molecule has 26 heavy (non-hydrogen) atoms. The molecule has 0 spiro atoms. The third kappa shape index (κ3) is 6.75. The van der Waals surface area contributed by atoms with Gasteiger partial charge in [-0.2, -0.15) is 13.2 Å². The first-order chi connectivity index (χ1) is 12.4. The predicted octanol–water partition coefficient (Wildman–Crippen LogP) is 5.88. The predicted molar refractivity (Wildman–Crippen MR) is 97.5 cm³/mol. The van der Waals surface area contributed by atoms with Crippen LogP contribution in [0.5, 0.6) is 5.75 Å². The van der Waals surface area contributed by atoms with Crippen molar-refractivity contribution >= 4 is 17.5 Å². The Kier molecular flexibility index (Phi) is 7.57.